The van der Waals surface area contributed by atoms with Crippen molar-refractivity contribution in [2.24, 2.45) is 0 Å². The van der Waals surface area contributed by atoms with Gasteiger partial charge in [0.25, 0.3) is 0 Å². The highest BCUT2D eigenvalue weighted by atomic mass is 19.4. The van der Waals surface area contributed by atoms with Crippen LogP contribution in [0.4, 0.5) is 19.0 Å². The first-order valence-corrected chi connectivity index (χ1v) is 5.74. The van der Waals surface area contributed by atoms with Crippen molar-refractivity contribution < 1.29 is 22.7 Å². The van der Waals surface area contributed by atoms with Gasteiger partial charge in [-0.25, -0.2) is 4.98 Å². The number of methoxy groups -OCH3 is 1. The topological polar surface area (TPSA) is 42.4 Å². The summed E-state index contributed by atoms with van der Waals surface area (Å²) < 4.78 is 42.1. The van der Waals surface area contributed by atoms with Crippen molar-refractivity contribution in [3.63, 3.8) is 0 Å². The molecule has 106 valence electrons. The van der Waals surface area contributed by atoms with Crippen molar-refractivity contribution in [1.82, 2.24) is 4.98 Å². The van der Waals surface area contributed by atoms with Gasteiger partial charge in [0.1, 0.15) is 11.5 Å². The number of hydrogen-bond donors (Lipinski definition) is 0. The van der Waals surface area contributed by atoms with E-state index in [2.05, 4.69) is 9.72 Å². The second-order valence-electron chi connectivity index (χ2n) is 3.78. The maximum atomic E-state index is 12.5. The van der Waals surface area contributed by atoms with Crippen LogP contribution >= 0.6 is 0 Å². The third kappa shape index (κ3) is 4.42. The lowest BCUT2D eigenvalue weighted by atomic mass is 10.3. The number of pyridine rings is 1. The number of aromatic nitrogens is 1. The molecule has 19 heavy (non-hydrogen) atoms. The molecule has 1 rings (SSSR count). The Morgan fingerprint density at radius 1 is 1.42 bits per heavy atom. The highest BCUT2D eigenvalue weighted by Gasteiger charge is 2.32. The number of ether oxygens (including phenoxy) is 1. The van der Waals surface area contributed by atoms with Gasteiger partial charge in [-0.3, -0.25) is 4.79 Å². The van der Waals surface area contributed by atoms with Crippen molar-refractivity contribution >= 4 is 11.8 Å². The monoisotopic (exact) mass is 276 g/mol. The second-order valence-corrected chi connectivity index (χ2v) is 3.78. The zero-order valence-electron chi connectivity index (χ0n) is 10.7. The van der Waals surface area contributed by atoms with Gasteiger partial charge in [-0.05, 0) is 19.1 Å². The maximum Gasteiger partial charge on any atom is 0.433 e. The molecule has 1 aromatic rings. The molecular weight excluding hydrogens is 261 g/mol. The van der Waals surface area contributed by atoms with Crippen LogP contribution in [0.15, 0.2) is 18.2 Å². The molecule has 0 radical (unpaired) electrons. The predicted octanol–water partition coefficient (Wildman–Crippen LogP) is 2.49. The van der Waals surface area contributed by atoms with Gasteiger partial charge in [-0.2, -0.15) is 13.2 Å². The van der Waals surface area contributed by atoms with E-state index in [0.29, 0.717) is 6.54 Å². The molecule has 1 aromatic heterocycles. The van der Waals surface area contributed by atoms with Crippen LogP contribution in [-0.4, -0.2) is 31.2 Å². The van der Waals surface area contributed by atoms with Crippen molar-refractivity contribution in [1.29, 1.82) is 0 Å². The van der Waals surface area contributed by atoms with Crippen LogP contribution < -0.4 is 4.90 Å². The lowest BCUT2D eigenvalue weighted by Gasteiger charge is -2.22. The van der Waals surface area contributed by atoms with Crippen LogP contribution in [0, 0.1) is 0 Å². The zero-order valence-corrected chi connectivity index (χ0v) is 10.7. The summed E-state index contributed by atoms with van der Waals surface area (Å²) in [4.78, 5) is 16.2. The smallest absolute Gasteiger partial charge is 0.433 e. The number of esters is 1. The van der Waals surface area contributed by atoms with E-state index in [-0.39, 0.29) is 18.8 Å². The number of anilines is 1. The molecule has 0 N–H and O–H groups in total. The summed E-state index contributed by atoms with van der Waals surface area (Å²) in [6.45, 7) is 2.49. The molecule has 0 saturated heterocycles. The molecule has 0 spiro atoms. The summed E-state index contributed by atoms with van der Waals surface area (Å²) in [5, 5.41) is 0. The molecule has 0 bridgehead atoms. The van der Waals surface area contributed by atoms with Gasteiger partial charge in [0.2, 0.25) is 0 Å². The Bertz CT molecular complexity index is 435. The quantitative estimate of drug-likeness (QED) is 0.775. The maximum absolute atomic E-state index is 12.5. The molecule has 0 aliphatic carbocycles. The van der Waals surface area contributed by atoms with E-state index >= 15 is 0 Å². The van der Waals surface area contributed by atoms with Gasteiger partial charge in [0, 0.05) is 13.1 Å². The Balaban J connectivity index is 2.84. The van der Waals surface area contributed by atoms with E-state index < -0.39 is 17.8 Å². The number of halogens is 3. The van der Waals surface area contributed by atoms with Gasteiger partial charge >= 0.3 is 12.1 Å². The number of nitrogens with zero attached hydrogens (tertiary/aromatic N) is 2. The molecule has 0 aromatic carbocycles. The Morgan fingerprint density at radius 2 is 2.11 bits per heavy atom. The SMILES string of the molecule is CCN(CCC(=O)OC)c1cccc(C(F)(F)F)n1. The average Bonchev–Trinajstić information content (AvgIpc) is 2.38. The highest BCUT2D eigenvalue weighted by Crippen LogP contribution is 2.28. The Morgan fingerprint density at radius 3 is 2.63 bits per heavy atom. The summed E-state index contributed by atoms with van der Waals surface area (Å²) in [5.74, 6) is -0.216. The first-order valence-electron chi connectivity index (χ1n) is 5.74. The van der Waals surface area contributed by atoms with E-state index in [9.17, 15) is 18.0 Å². The summed E-state index contributed by atoms with van der Waals surface area (Å²) in [6.07, 6.45) is -4.37. The van der Waals surface area contributed by atoms with Gasteiger partial charge in [0.05, 0.1) is 13.5 Å². The van der Waals surface area contributed by atoms with Crippen molar-refractivity contribution in [2.75, 3.05) is 25.1 Å². The van der Waals surface area contributed by atoms with Crippen molar-refractivity contribution in [2.45, 2.75) is 19.5 Å². The van der Waals surface area contributed by atoms with E-state index in [0.717, 1.165) is 6.07 Å². The standard InChI is InChI=1S/C12H15F3N2O2/c1-3-17(8-7-11(18)19-2)10-6-4-5-9(16-10)12(13,14)15/h4-6H,3,7-8H2,1-2H3. The van der Waals surface area contributed by atoms with Crippen LogP contribution in [-0.2, 0) is 15.7 Å². The van der Waals surface area contributed by atoms with Gasteiger partial charge < -0.3 is 9.64 Å². The van der Waals surface area contributed by atoms with E-state index in [4.69, 9.17) is 0 Å². The van der Waals surface area contributed by atoms with Crippen molar-refractivity contribution in [3.8, 4) is 0 Å². The summed E-state index contributed by atoms with van der Waals surface area (Å²) in [6, 6.07) is 3.69. The van der Waals surface area contributed by atoms with Crippen molar-refractivity contribution in [3.05, 3.63) is 23.9 Å². The van der Waals surface area contributed by atoms with E-state index in [1.54, 1.807) is 11.8 Å². The third-order valence-electron chi connectivity index (χ3n) is 2.54. The van der Waals surface area contributed by atoms with Crippen LogP contribution in [0.5, 0.6) is 0 Å². The highest BCUT2D eigenvalue weighted by molar-refractivity contribution is 5.69. The lowest BCUT2D eigenvalue weighted by molar-refractivity contribution is -0.141. The fraction of sp³-hybridized carbons (Fsp3) is 0.500. The molecular formula is C12H15F3N2O2. The normalized spacial score (nSPS) is 11.2. The molecule has 0 amide bonds. The fourth-order valence-electron chi connectivity index (χ4n) is 1.52. The molecule has 0 unspecified atom stereocenters. The number of carbonyl (C=O) groups excluding carboxylic acids is 1. The summed E-state index contributed by atoms with van der Waals surface area (Å²) in [5.41, 5.74) is -0.943. The molecule has 1 heterocycles. The predicted molar refractivity (Wildman–Crippen MR) is 63.8 cm³/mol. The van der Waals surface area contributed by atoms with Crippen LogP contribution in [0.2, 0.25) is 0 Å². The molecule has 0 fully saturated rings. The zero-order chi connectivity index (χ0) is 14.5. The van der Waals surface area contributed by atoms with Crippen LogP contribution in [0.3, 0.4) is 0 Å². The van der Waals surface area contributed by atoms with E-state index in [1.807, 2.05) is 0 Å². The first kappa shape index (κ1) is 15.3. The summed E-state index contributed by atoms with van der Waals surface area (Å²) >= 11 is 0. The summed E-state index contributed by atoms with van der Waals surface area (Å²) in [7, 11) is 1.27. The number of carbonyl (C=O) groups is 1. The number of hydrogen-bond acceptors (Lipinski definition) is 4. The minimum atomic E-state index is -4.47. The molecule has 0 atom stereocenters. The first-order chi connectivity index (χ1) is 8.88. The van der Waals surface area contributed by atoms with Gasteiger partial charge in [-0.1, -0.05) is 6.07 Å². The second kappa shape index (κ2) is 6.40. The number of alkyl halides is 3. The third-order valence-corrected chi connectivity index (χ3v) is 2.54. The lowest BCUT2D eigenvalue weighted by Crippen LogP contribution is -2.27. The Kier molecular flexibility index (Phi) is 5.14. The minimum Gasteiger partial charge on any atom is -0.469 e. The minimum absolute atomic E-state index is 0.0995. The molecule has 0 saturated carbocycles. The molecule has 4 nitrogen and oxygen atoms in total. The molecule has 0 aliphatic rings. The number of rotatable bonds is 5. The van der Waals surface area contributed by atoms with Crippen LogP contribution in [0.1, 0.15) is 19.0 Å². The fourth-order valence-corrected chi connectivity index (χ4v) is 1.52. The van der Waals surface area contributed by atoms with Gasteiger partial charge in [-0.15, -0.1) is 0 Å². The Hall–Kier alpha value is -1.79. The van der Waals surface area contributed by atoms with Gasteiger partial charge in [0.15, 0.2) is 0 Å². The Labute approximate surface area is 109 Å². The average molecular weight is 276 g/mol. The van der Waals surface area contributed by atoms with E-state index in [1.165, 1.54) is 19.2 Å². The molecule has 7 heteroatoms. The molecule has 0 aliphatic heterocycles. The van der Waals surface area contributed by atoms with Crippen LogP contribution in [0.25, 0.3) is 0 Å². The largest absolute Gasteiger partial charge is 0.469 e.